The van der Waals surface area contributed by atoms with Gasteiger partial charge in [0.15, 0.2) is 0 Å². The summed E-state index contributed by atoms with van der Waals surface area (Å²) in [7, 11) is 0. The molecule has 2 aromatic carbocycles. The van der Waals surface area contributed by atoms with Crippen LogP contribution >= 0.6 is 0 Å². The number of benzene rings is 2. The van der Waals surface area contributed by atoms with Crippen molar-refractivity contribution in [3.05, 3.63) is 95.3 Å². The lowest BCUT2D eigenvalue weighted by molar-refractivity contribution is 0.0342. The quantitative estimate of drug-likeness (QED) is 0.589. The van der Waals surface area contributed by atoms with Crippen LogP contribution in [0.5, 0.6) is 5.75 Å². The lowest BCUT2D eigenvalue weighted by Gasteiger charge is -2.26. The van der Waals surface area contributed by atoms with Crippen LogP contribution < -0.4 is 10.1 Å². The van der Waals surface area contributed by atoms with E-state index in [4.69, 9.17) is 9.47 Å². The summed E-state index contributed by atoms with van der Waals surface area (Å²) < 4.78 is 11.4. The van der Waals surface area contributed by atoms with Crippen molar-refractivity contribution in [1.82, 2.24) is 15.2 Å². The van der Waals surface area contributed by atoms with Gasteiger partial charge >= 0.3 is 0 Å². The van der Waals surface area contributed by atoms with Crippen molar-refractivity contribution in [2.24, 2.45) is 0 Å². The molecule has 1 aromatic heterocycles. The minimum atomic E-state index is 0.523. The van der Waals surface area contributed by atoms with Crippen LogP contribution in [0.1, 0.15) is 22.3 Å². The molecule has 0 bridgehead atoms. The van der Waals surface area contributed by atoms with Gasteiger partial charge in [-0.15, -0.1) is 0 Å². The van der Waals surface area contributed by atoms with Gasteiger partial charge < -0.3 is 14.8 Å². The average Bonchev–Trinajstić information content (AvgIpc) is 2.81. The van der Waals surface area contributed by atoms with Gasteiger partial charge in [0.2, 0.25) is 0 Å². The Morgan fingerprint density at radius 1 is 0.867 bits per heavy atom. The second kappa shape index (κ2) is 10.9. The standard InChI is InChI=1S/C25H29N3O2/c1-2-6-25(30-20-23-4-3-11-26-17-23)24(5-1)18-27-16-21-7-9-22(10-8-21)19-28-12-14-29-15-13-28/h1-11,17,27H,12-16,18-20H2. The van der Waals surface area contributed by atoms with Crippen molar-refractivity contribution in [2.45, 2.75) is 26.2 Å². The minimum Gasteiger partial charge on any atom is -0.489 e. The van der Waals surface area contributed by atoms with Crippen LogP contribution in [0.2, 0.25) is 0 Å². The molecule has 1 fully saturated rings. The Labute approximate surface area is 178 Å². The number of nitrogens with one attached hydrogen (secondary N) is 1. The summed E-state index contributed by atoms with van der Waals surface area (Å²) >= 11 is 0. The number of nitrogens with zero attached hydrogens (tertiary/aromatic N) is 2. The molecule has 0 radical (unpaired) electrons. The second-order valence-electron chi connectivity index (χ2n) is 7.57. The third kappa shape index (κ3) is 6.13. The molecule has 3 aromatic rings. The molecule has 5 nitrogen and oxygen atoms in total. The van der Waals surface area contributed by atoms with Crippen LogP contribution in [0.25, 0.3) is 0 Å². The largest absolute Gasteiger partial charge is 0.489 e. The van der Waals surface area contributed by atoms with E-state index in [-0.39, 0.29) is 0 Å². The molecule has 1 saturated heterocycles. The fraction of sp³-hybridized carbons (Fsp3) is 0.320. The summed E-state index contributed by atoms with van der Waals surface area (Å²) in [6, 6.07) is 21.0. The fourth-order valence-corrected chi connectivity index (χ4v) is 3.56. The molecule has 0 aliphatic carbocycles. The molecule has 0 amide bonds. The van der Waals surface area contributed by atoms with Crippen LogP contribution in [-0.4, -0.2) is 36.2 Å². The molecule has 0 spiro atoms. The predicted octanol–water partition coefficient (Wildman–Crippen LogP) is 3.78. The zero-order chi connectivity index (χ0) is 20.4. The first-order valence-corrected chi connectivity index (χ1v) is 10.5. The molecule has 30 heavy (non-hydrogen) atoms. The minimum absolute atomic E-state index is 0.523. The van der Waals surface area contributed by atoms with Crippen molar-refractivity contribution < 1.29 is 9.47 Å². The Morgan fingerprint density at radius 2 is 1.67 bits per heavy atom. The van der Waals surface area contributed by atoms with Gasteiger partial charge in [0.05, 0.1) is 13.2 Å². The highest BCUT2D eigenvalue weighted by Gasteiger charge is 2.10. The van der Waals surface area contributed by atoms with Crippen LogP contribution in [0.3, 0.4) is 0 Å². The summed E-state index contributed by atoms with van der Waals surface area (Å²) in [5, 5.41) is 3.54. The smallest absolute Gasteiger partial charge is 0.124 e. The normalized spacial score (nSPS) is 14.5. The third-order valence-corrected chi connectivity index (χ3v) is 5.27. The Hall–Kier alpha value is -2.73. The Bertz CT molecular complexity index is 894. The SMILES string of the molecule is c1cncc(COc2ccccc2CNCc2ccc(CN3CCOCC3)cc2)c1. The van der Waals surface area contributed by atoms with Gasteiger partial charge in [-0.1, -0.05) is 48.5 Å². The Kier molecular flexibility index (Phi) is 7.45. The van der Waals surface area contributed by atoms with Gasteiger partial charge in [-0.3, -0.25) is 9.88 Å². The summed E-state index contributed by atoms with van der Waals surface area (Å²) in [5.74, 6) is 0.912. The van der Waals surface area contributed by atoms with Gasteiger partial charge in [0, 0.05) is 56.2 Å². The first-order chi connectivity index (χ1) is 14.9. The maximum atomic E-state index is 6.02. The molecule has 1 N–H and O–H groups in total. The van der Waals surface area contributed by atoms with Crippen molar-refractivity contribution in [2.75, 3.05) is 26.3 Å². The monoisotopic (exact) mass is 403 g/mol. The molecule has 0 atom stereocenters. The number of morpholine rings is 1. The summed E-state index contributed by atoms with van der Waals surface area (Å²) in [5.41, 5.74) is 4.87. The second-order valence-corrected chi connectivity index (χ2v) is 7.57. The molecule has 0 saturated carbocycles. The molecule has 2 heterocycles. The molecular weight excluding hydrogens is 374 g/mol. The van der Waals surface area contributed by atoms with E-state index in [9.17, 15) is 0 Å². The Morgan fingerprint density at radius 3 is 2.47 bits per heavy atom. The highest BCUT2D eigenvalue weighted by Crippen LogP contribution is 2.19. The summed E-state index contributed by atoms with van der Waals surface area (Å²) in [6.07, 6.45) is 3.61. The molecule has 5 heteroatoms. The molecule has 0 unspecified atom stereocenters. The van der Waals surface area contributed by atoms with Crippen LogP contribution in [0, 0.1) is 0 Å². The lowest BCUT2D eigenvalue weighted by Crippen LogP contribution is -2.35. The molecule has 4 rings (SSSR count). The molecular formula is C25H29N3O2. The van der Waals surface area contributed by atoms with Crippen LogP contribution in [-0.2, 0) is 31.0 Å². The van der Waals surface area contributed by atoms with Crippen LogP contribution in [0.15, 0.2) is 73.1 Å². The van der Waals surface area contributed by atoms with E-state index < -0.39 is 0 Å². The van der Waals surface area contributed by atoms with E-state index >= 15 is 0 Å². The molecule has 156 valence electrons. The number of rotatable bonds is 9. The maximum absolute atomic E-state index is 6.02. The number of hydrogen-bond acceptors (Lipinski definition) is 5. The molecule has 1 aliphatic rings. The summed E-state index contributed by atoms with van der Waals surface area (Å²) in [6.45, 7) is 6.84. The maximum Gasteiger partial charge on any atom is 0.124 e. The number of ether oxygens (including phenoxy) is 2. The van der Waals surface area contributed by atoms with E-state index in [1.165, 1.54) is 11.1 Å². The topological polar surface area (TPSA) is 46.6 Å². The van der Waals surface area contributed by atoms with Gasteiger partial charge in [-0.25, -0.2) is 0 Å². The van der Waals surface area contributed by atoms with E-state index in [1.807, 2.05) is 36.5 Å². The number of aromatic nitrogens is 1. The first kappa shape index (κ1) is 20.5. The van der Waals surface area contributed by atoms with E-state index in [2.05, 4.69) is 45.5 Å². The Balaban J connectivity index is 1.26. The highest BCUT2D eigenvalue weighted by atomic mass is 16.5. The number of para-hydroxylation sites is 1. The van der Waals surface area contributed by atoms with Gasteiger partial charge in [0.1, 0.15) is 12.4 Å². The lowest BCUT2D eigenvalue weighted by atomic mass is 10.1. The average molecular weight is 404 g/mol. The van der Waals surface area contributed by atoms with Crippen LogP contribution in [0.4, 0.5) is 0 Å². The first-order valence-electron chi connectivity index (χ1n) is 10.5. The van der Waals surface area contributed by atoms with Crippen molar-refractivity contribution in [3.8, 4) is 5.75 Å². The zero-order valence-corrected chi connectivity index (χ0v) is 17.3. The fourth-order valence-electron chi connectivity index (χ4n) is 3.56. The predicted molar refractivity (Wildman–Crippen MR) is 118 cm³/mol. The van der Waals surface area contributed by atoms with E-state index in [0.717, 1.165) is 62.8 Å². The molecule has 1 aliphatic heterocycles. The van der Waals surface area contributed by atoms with Crippen molar-refractivity contribution >= 4 is 0 Å². The van der Waals surface area contributed by atoms with Crippen molar-refractivity contribution in [3.63, 3.8) is 0 Å². The van der Waals surface area contributed by atoms with Gasteiger partial charge in [0.25, 0.3) is 0 Å². The third-order valence-electron chi connectivity index (χ3n) is 5.27. The van der Waals surface area contributed by atoms with E-state index in [1.54, 1.807) is 6.20 Å². The zero-order valence-electron chi connectivity index (χ0n) is 17.3. The summed E-state index contributed by atoms with van der Waals surface area (Å²) in [4.78, 5) is 6.58. The number of hydrogen-bond donors (Lipinski definition) is 1. The number of pyridine rings is 1. The van der Waals surface area contributed by atoms with Gasteiger partial charge in [-0.2, -0.15) is 0 Å². The van der Waals surface area contributed by atoms with E-state index in [0.29, 0.717) is 6.61 Å². The van der Waals surface area contributed by atoms with Gasteiger partial charge in [-0.05, 0) is 23.3 Å². The highest BCUT2D eigenvalue weighted by molar-refractivity contribution is 5.33. The van der Waals surface area contributed by atoms with Crippen molar-refractivity contribution in [1.29, 1.82) is 0 Å².